The molecule has 0 spiro atoms. The monoisotopic (exact) mass is 372 g/mol. The third-order valence-corrected chi connectivity index (χ3v) is 4.17. The highest BCUT2D eigenvalue weighted by atomic mass is 79.9. The predicted octanol–water partition coefficient (Wildman–Crippen LogP) is 4.37. The molecule has 0 aromatic heterocycles. The highest BCUT2D eigenvalue weighted by Crippen LogP contribution is 2.23. The first-order valence-corrected chi connectivity index (χ1v) is 7.78. The smallest absolute Gasteiger partial charge is 0.0453 e. The average molecular weight is 374 g/mol. The first-order valence-electron chi connectivity index (χ1n) is 6.23. The molecule has 0 saturated carbocycles. The maximum Gasteiger partial charge on any atom is 0.0453 e. The second-order valence-electron chi connectivity index (χ2n) is 4.64. The highest BCUT2D eigenvalue weighted by Gasteiger charge is 2.11. The molecule has 0 amide bonds. The Bertz CT molecular complexity index is 590. The minimum absolute atomic E-state index is 0.114. The lowest BCUT2D eigenvalue weighted by Crippen LogP contribution is -2.38. The number of benzene rings is 2. The second-order valence-corrected chi connectivity index (χ2v) is 6.40. The van der Waals surface area contributed by atoms with Crippen LogP contribution in [0.1, 0.15) is 11.1 Å². The van der Waals surface area contributed by atoms with E-state index in [1.165, 1.54) is 5.56 Å². The van der Waals surface area contributed by atoms with Gasteiger partial charge < -0.3 is 0 Å². The van der Waals surface area contributed by atoms with Crippen molar-refractivity contribution >= 4 is 39.1 Å². The number of hydrazine groups is 1. The third-order valence-electron chi connectivity index (χ3n) is 3.09. The van der Waals surface area contributed by atoms with Crippen molar-refractivity contribution in [3.63, 3.8) is 0 Å². The van der Waals surface area contributed by atoms with Gasteiger partial charge in [-0.05, 0) is 48.2 Å². The molecule has 2 aromatic carbocycles. The van der Waals surface area contributed by atoms with Crippen LogP contribution in [0, 0.1) is 0 Å². The Morgan fingerprint density at radius 3 is 2.55 bits per heavy atom. The lowest BCUT2D eigenvalue weighted by atomic mass is 9.99. The molecule has 0 aliphatic heterocycles. The van der Waals surface area contributed by atoms with E-state index in [-0.39, 0.29) is 6.04 Å². The molecule has 2 aromatic rings. The van der Waals surface area contributed by atoms with Crippen LogP contribution < -0.4 is 11.3 Å². The summed E-state index contributed by atoms with van der Waals surface area (Å²) in [7, 11) is 0. The van der Waals surface area contributed by atoms with Crippen LogP contribution in [-0.4, -0.2) is 6.04 Å². The van der Waals surface area contributed by atoms with E-state index < -0.39 is 0 Å². The lowest BCUT2D eigenvalue weighted by molar-refractivity contribution is 0.522. The standard InChI is InChI=1S/C15H15BrCl2N2/c16-12-3-1-2-10(6-12)7-14(20-19)8-11-4-5-13(17)9-15(11)18/h1-6,9,14,20H,7-8,19H2. The van der Waals surface area contributed by atoms with Crippen LogP contribution in [0.25, 0.3) is 0 Å². The fraction of sp³-hybridized carbons (Fsp3) is 0.200. The molecule has 20 heavy (non-hydrogen) atoms. The Labute approximate surface area is 137 Å². The van der Waals surface area contributed by atoms with Gasteiger partial charge in [-0.1, -0.05) is 57.3 Å². The van der Waals surface area contributed by atoms with Crippen molar-refractivity contribution in [1.29, 1.82) is 0 Å². The molecule has 2 rings (SSSR count). The van der Waals surface area contributed by atoms with Gasteiger partial charge in [0.2, 0.25) is 0 Å². The van der Waals surface area contributed by atoms with Crippen molar-refractivity contribution in [2.45, 2.75) is 18.9 Å². The normalized spacial score (nSPS) is 12.4. The van der Waals surface area contributed by atoms with E-state index in [0.29, 0.717) is 10.0 Å². The number of nitrogens with one attached hydrogen (secondary N) is 1. The predicted molar refractivity (Wildman–Crippen MR) is 89.1 cm³/mol. The topological polar surface area (TPSA) is 38.0 Å². The highest BCUT2D eigenvalue weighted by molar-refractivity contribution is 9.10. The molecule has 0 radical (unpaired) electrons. The van der Waals surface area contributed by atoms with E-state index in [2.05, 4.69) is 33.5 Å². The van der Waals surface area contributed by atoms with Crippen LogP contribution in [-0.2, 0) is 12.8 Å². The van der Waals surface area contributed by atoms with Crippen LogP contribution in [0.15, 0.2) is 46.9 Å². The molecule has 3 N–H and O–H groups in total. The van der Waals surface area contributed by atoms with Gasteiger partial charge in [-0.3, -0.25) is 11.3 Å². The third kappa shape index (κ3) is 4.47. The summed E-state index contributed by atoms with van der Waals surface area (Å²) >= 11 is 15.6. The number of rotatable bonds is 5. The van der Waals surface area contributed by atoms with Gasteiger partial charge >= 0.3 is 0 Å². The van der Waals surface area contributed by atoms with Crippen LogP contribution in [0.4, 0.5) is 0 Å². The van der Waals surface area contributed by atoms with Crippen LogP contribution in [0.2, 0.25) is 10.0 Å². The second kappa shape index (κ2) is 7.43. The fourth-order valence-corrected chi connectivity index (χ4v) is 3.02. The van der Waals surface area contributed by atoms with Crippen LogP contribution >= 0.6 is 39.1 Å². The van der Waals surface area contributed by atoms with E-state index >= 15 is 0 Å². The van der Waals surface area contributed by atoms with E-state index in [9.17, 15) is 0 Å². The van der Waals surface area contributed by atoms with Crippen LogP contribution in [0.3, 0.4) is 0 Å². The van der Waals surface area contributed by atoms with E-state index in [1.54, 1.807) is 6.07 Å². The number of nitrogens with two attached hydrogens (primary N) is 1. The molecule has 0 heterocycles. The first kappa shape index (κ1) is 15.8. The maximum atomic E-state index is 6.20. The summed E-state index contributed by atoms with van der Waals surface area (Å²) in [6.07, 6.45) is 1.58. The molecule has 0 bridgehead atoms. The molecule has 1 atom stereocenters. The SMILES string of the molecule is NNC(Cc1cccc(Br)c1)Cc1ccc(Cl)cc1Cl. The maximum absolute atomic E-state index is 6.20. The van der Waals surface area contributed by atoms with Crippen molar-refractivity contribution in [2.24, 2.45) is 5.84 Å². The Morgan fingerprint density at radius 1 is 1.10 bits per heavy atom. The summed E-state index contributed by atoms with van der Waals surface area (Å²) < 4.78 is 1.07. The summed E-state index contributed by atoms with van der Waals surface area (Å²) in [5.74, 6) is 5.66. The Balaban J connectivity index is 2.09. The largest absolute Gasteiger partial charge is 0.271 e. The van der Waals surface area contributed by atoms with Gasteiger partial charge in [0, 0.05) is 20.6 Å². The average Bonchev–Trinajstić information content (AvgIpc) is 2.41. The summed E-state index contributed by atoms with van der Waals surface area (Å²) in [5, 5.41) is 1.31. The summed E-state index contributed by atoms with van der Waals surface area (Å²) in [4.78, 5) is 0. The van der Waals surface area contributed by atoms with Gasteiger partial charge in [-0.25, -0.2) is 0 Å². The molecule has 106 valence electrons. The minimum Gasteiger partial charge on any atom is -0.271 e. The first-order chi connectivity index (χ1) is 9.58. The van der Waals surface area contributed by atoms with Gasteiger partial charge in [-0.15, -0.1) is 0 Å². The summed E-state index contributed by atoms with van der Waals surface area (Å²) in [5.41, 5.74) is 5.10. The van der Waals surface area contributed by atoms with E-state index in [1.807, 2.05) is 24.3 Å². The van der Waals surface area contributed by atoms with Crippen molar-refractivity contribution < 1.29 is 0 Å². The van der Waals surface area contributed by atoms with E-state index in [0.717, 1.165) is 22.9 Å². The minimum atomic E-state index is 0.114. The number of hydrogen-bond acceptors (Lipinski definition) is 2. The Hall–Kier alpha value is -0.580. The zero-order valence-corrected chi connectivity index (χ0v) is 13.8. The van der Waals surface area contributed by atoms with Gasteiger partial charge in [0.25, 0.3) is 0 Å². The van der Waals surface area contributed by atoms with Gasteiger partial charge in [-0.2, -0.15) is 0 Å². The van der Waals surface area contributed by atoms with Gasteiger partial charge in [0.1, 0.15) is 0 Å². The van der Waals surface area contributed by atoms with Gasteiger partial charge in [0.15, 0.2) is 0 Å². The Morgan fingerprint density at radius 2 is 1.90 bits per heavy atom. The zero-order valence-electron chi connectivity index (χ0n) is 10.7. The number of hydrogen-bond donors (Lipinski definition) is 2. The quantitative estimate of drug-likeness (QED) is 0.603. The molecule has 0 aliphatic rings. The molecular weight excluding hydrogens is 359 g/mol. The Kier molecular flexibility index (Phi) is 5.87. The molecule has 0 saturated heterocycles. The van der Waals surface area contributed by atoms with Crippen molar-refractivity contribution in [3.05, 3.63) is 68.1 Å². The molecule has 0 aliphatic carbocycles. The molecule has 1 unspecified atom stereocenters. The van der Waals surface area contributed by atoms with Crippen molar-refractivity contribution in [1.82, 2.24) is 5.43 Å². The molecular formula is C15H15BrCl2N2. The van der Waals surface area contributed by atoms with Crippen molar-refractivity contribution in [2.75, 3.05) is 0 Å². The molecule has 5 heteroatoms. The van der Waals surface area contributed by atoms with Crippen molar-refractivity contribution in [3.8, 4) is 0 Å². The zero-order chi connectivity index (χ0) is 14.5. The molecule has 0 fully saturated rings. The van der Waals surface area contributed by atoms with Gasteiger partial charge in [0.05, 0.1) is 0 Å². The lowest BCUT2D eigenvalue weighted by Gasteiger charge is -2.17. The molecule has 2 nitrogen and oxygen atoms in total. The van der Waals surface area contributed by atoms with Crippen LogP contribution in [0.5, 0.6) is 0 Å². The number of halogens is 3. The summed E-state index contributed by atoms with van der Waals surface area (Å²) in [6.45, 7) is 0. The summed E-state index contributed by atoms with van der Waals surface area (Å²) in [6, 6.07) is 13.8. The van der Waals surface area contributed by atoms with E-state index in [4.69, 9.17) is 29.0 Å². The fourth-order valence-electron chi connectivity index (χ4n) is 2.09.